The van der Waals surface area contributed by atoms with Crippen LogP contribution < -0.4 is 0 Å². The molecule has 1 aliphatic heterocycles. The first-order chi connectivity index (χ1) is 6.70. The summed E-state index contributed by atoms with van der Waals surface area (Å²) in [5, 5.41) is 7.50. The highest BCUT2D eigenvalue weighted by Crippen LogP contribution is 2.07. The number of hydrogen-bond donors (Lipinski definition) is 1. The molecule has 0 radical (unpaired) electrons. The molecule has 4 heteroatoms. The first-order valence-electron chi connectivity index (χ1n) is 5.20. The molecular weight excluding hydrogens is 182 g/mol. The molecule has 1 saturated heterocycles. The van der Waals surface area contributed by atoms with E-state index in [1.54, 1.807) is 0 Å². The predicted octanol–water partition coefficient (Wildman–Crippen LogP) is 2.19. The van der Waals surface area contributed by atoms with Crippen molar-refractivity contribution in [3.8, 4) is 0 Å². The van der Waals surface area contributed by atoms with Crippen LogP contribution in [-0.4, -0.2) is 42.9 Å². The minimum Gasteiger partial charge on any atom is -0.450 e. The fraction of sp³-hybridized carbons (Fsp3) is 0.900. The molecule has 14 heavy (non-hydrogen) atoms. The Bertz CT molecular complexity index is 142. The molecule has 1 heterocycles. The van der Waals surface area contributed by atoms with E-state index in [-0.39, 0.29) is 0 Å². The SMILES string of the molecule is CCCN1CCCCC1.COC(=O)O. The van der Waals surface area contributed by atoms with Gasteiger partial charge in [-0.15, -0.1) is 0 Å². The van der Waals surface area contributed by atoms with Crippen LogP contribution in [0, 0.1) is 0 Å². The standard InChI is InChI=1S/C8H17N.C2H4O3/c1-2-6-9-7-4-3-5-8-9;1-5-2(3)4/h2-8H2,1H3;1H3,(H,3,4). The Morgan fingerprint density at radius 1 is 1.36 bits per heavy atom. The zero-order valence-corrected chi connectivity index (χ0v) is 9.16. The molecule has 0 spiro atoms. The molecule has 84 valence electrons. The van der Waals surface area contributed by atoms with Crippen molar-refractivity contribution in [3.63, 3.8) is 0 Å². The second-order valence-electron chi connectivity index (χ2n) is 3.37. The monoisotopic (exact) mass is 203 g/mol. The number of carboxylic acid groups (broad SMARTS) is 1. The second kappa shape index (κ2) is 8.81. The number of methoxy groups -OCH3 is 1. The Morgan fingerprint density at radius 2 is 1.86 bits per heavy atom. The van der Waals surface area contributed by atoms with Gasteiger partial charge in [-0.05, 0) is 38.9 Å². The summed E-state index contributed by atoms with van der Waals surface area (Å²) < 4.78 is 3.67. The van der Waals surface area contributed by atoms with Gasteiger partial charge in [-0.25, -0.2) is 4.79 Å². The third-order valence-corrected chi connectivity index (χ3v) is 2.16. The first kappa shape index (κ1) is 13.2. The van der Waals surface area contributed by atoms with E-state index in [9.17, 15) is 0 Å². The van der Waals surface area contributed by atoms with Crippen LogP contribution in [0.3, 0.4) is 0 Å². The van der Waals surface area contributed by atoms with Gasteiger partial charge in [-0.2, -0.15) is 0 Å². The molecule has 1 rings (SSSR count). The van der Waals surface area contributed by atoms with Crippen LogP contribution in [0.5, 0.6) is 0 Å². The van der Waals surface area contributed by atoms with E-state index in [1.807, 2.05) is 0 Å². The zero-order chi connectivity index (χ0) is 10.8. The van der Waals surface area contributed by atoms with Crippen LogP contribution in [0.4, 0.5) is 4.79 Å². The first-order valence-corrected chi connectivity index (χ1v) is 5.20. The van der Waals surface area contributed by atoms with Gasteiger partial charge in [-0.3, -0.25) is 0 Å². The maximum Gasteiger partial charge on any atom is 0.505 e. The van der Waals surface area contributed by atoms with Crippen LogP contribution >= 0.6 is 0 Å². The van der Waals surface area contributed by atoms with Gasteiger partial charge in [0, 0.05) is 0 Å². The van der Waals surface area contributed by atoms with Gasteiger partial charge in [0.15, 0.2) is 0 Å². The summed E-state index contributed by atoms with van der Waals surface area (Å²) in [7, 11) is 1.10. The highest BCUT2D eigenvalue weighted by atomic mass is 16.6. The topological polar surface area (TPSA) is 49.8 Å². The summed E-state index contributed by atoms with van der Waals surface area (Å²) in [5.74, 6) is 0. The second-order valence-corrected chi connectivity index (χ2v) is 3.37. The van der Waals surface area contributed by atoms with Crippen molar-refractivity contribution in [1.82, 2.24) is 4.90 Å². The molecule has 4 nitrogen and oxygen atoms in total. The lowest BCUT2D eigenvalue weighted by Gasteiger charge is -2.25. The molecule has 0 aromatic heterocycles. The van der Waals surface area contributed by atoms with Crippen LogP contribution in [-0.2, 0) is 4.74 Å². The summed E-state index contributed by atoms with van der Waals surface area (Å²) in [6, 6.07) is 0. The summed E-state index contributed by atoms with van der Waals surface area (Å²) in [4.78, 5) is 11.7. The number of likely N-dealkylation sites (tertiary alicyclic amines) is 1. The number of nitrogens with zero attached hydrogens (tertiary/aromatic N) is 1. The highest BCUT2D eigenvalue weighted by molar-refractivity contribution is 5.56. The lowest BCUT2D eigenvalue weighted by atomic mass is 10.1. The molecule has 0 aromatic rings. The van der Waals surface area contributed by atoms with E-state index in [0.717, 1.165) is 7.11 Å². The van der Waals surface area contributed by atoms with Crippen LogP contribution in [0.25, 0.3) is 0 Å². The number of hydrogen-bond acceptors (Lipinski definition) is 3. The van der Waals surface area contributed by atoms with Gasteiger partial charge >= 0.3 is 6.16 Å². The number of piperidine rings is 1. The van der Waals surface area contributed by atoms with Gasteiger partial charge in [0.1, 0.15) is 0 Å². The van der Waals surface area contributed by atoms with Gasteiger partial charge in [0.25, 0.3) is 0 Å². The lowest BCUT2D eigenvalue weighted by molar-refractivity contribution is 0.114. The summed E-state index contributed by atoms with van der Waals surface area (Å²) in [6.45, 7) is 6.29. The van der Waals surface area contributed by atoms with Crippen LogP contribution in [0.2, 0.25) is 0 Å². The van der Waals surface area contributed by atoms with Crippen molar-refractivity contribution in [2.45, 2.75) is 32.6 Å². The molecule has 1 N–H and O–H groups in total. The van der Waals surface area contributed by atoms with Crippen molar-refractivity contribution in [2.75, 3.05) is 26.7 Å². The molecule has 0 amide bonds. The molecule has 0 atom stereocenters. The molecule has 0 bridgehead atoms. The number of rotatable bonds is 2. The number of ether oxygens (including phenoxy) is 1. The van der Waals surface area contributed by atoms with Crippen molar-refractivity contribution in [2.24, 2.45) is 0 Å². The Labute approximate surface area is 85.9 Å². The van der Waals surface area contributed by atoms with Gasteiger partial charge in [-0.1, -0.05) is 13.3 Å². The molecule has 1 aliphatic rings. The summed E-state index contributed by atoms with van der Waals surface area (Å²) in [6.07, 6.45) is 4.39. The molecule has 0 unspecified atom stereocenters. The zero-order valence-electron chi connectivity index (χ0n) is 9.16. The van der Waals surface area contributed by atoms with E-state index in [0.29, 0.717) is 0 Å². The molecular formula is C10H21NO3. The van der Waals surface area contributed by atoms with Crippen LogP contribution in [0.15, 0.2) is 0 Å². The van der Waals surface area contributed by atoms with Crippen molar-refractivity contribution < 1.29 is 14.6 Å². The van der Waals surface area contributed by atoms with Gasteiger partial charge in [0.05, 0.1) is 7.11 Å². The van der Waals surface area contributed by atoms with Crippen molar-refractivity contribution >= 4 is 6.16 Å². The molecule has 1 fully saturated rings. The third kappa shape index (κ3) is 7.86. The average Bonchev–Trinajstić information content (AvgIpc) is 2.21. The molecule has 0 aliphatic carbocycles. The van der Waals surface area contributed by atoms with E-state index in [4.69, 9.17) is 9.90 Å². The molecule has 0 aromatic carbocycles. The van der Waals surface area contributed by atoms with E-state index in [2.05, 4.69) is 16.6 Å². The minimum atomic E-state index is -1.25. The normalized spacial score (nSPS) is 16.7. The fourth-order valence-electron chi connectivity index (χ4n) is 1.50. The maximum absolute atomic E-state index is 9.15. The fourth-order valence-corrected chi connectivity index (χ4v) is 1.50. The quantitative estimate of drug-likeness (QED) is 0.699. The average molecular weight is 203 g/mol. The Morgan fingerprint density at radius 3 is 2.21 bits per heavy atom. The maximum atomic E-state index is 9.15. The van der Waals surface area contributed by atoms with Crippen molar-refractivity contribution in [3.05, 3.63) is 0 Å². The largest absolute Gasteiger partial charge is 0.505 e. The predicted molar refractivity (Wildman–Crippen MR) is 55.6 cm³/mol. The number of carbonyl (C=O) groups is 1. The Balaban J connectivity index is 0.000000292. The van der Waals surface area contributed by atoms with Gasteiger partial charge in [0.2, 0.25) is 0 Å². The Hall–Kier alpha value is -0.770. The van der Waals surface area contributed by atoms with E-state index in [1.165, 1.54) is 45.3 Å². The highest BCUT2D eigenvalue weighted by Gasteiger charge is 2.07. The summed E-state index contributed by atoms with van der Waals surface area (Å²) in [5.41, 5.74) is 0. The smallest absolute Gasteiger partial charge is 0.450 e. The van der Waals surface area contributed by atoms with E-state index >= 15 is 0 Å². The molecule has 0 saturated carbocycles. The summed E-state index contributed by atoms with van der Waals surface area (Å²) >= 11 is 0. The van der Waals surface area contributed by atoms with E-state index < -0.39 is 6.16 Å². The van der Waals surface area contributed by atoms with Crippen molar-refractivity contribution in [1.29, 1.82) is 0 Å². The Kier molecular flexibility index (Phi) is 8.33. The van der Waals surface area contributed by atoms with Crippen LogP contribution in [0.1, 0.15) is 32.6 Å². The van der Waals surface area contributed by atoms with Gasteiger partial charge < -0.3 is 14.7 Å². The lowest BCUT2D eigenvalue weighted by Crippen LogP contribution is -2.30. The third-order valence-electron chi connectivity index (χ3n) is 2.16. The minimum absolute atomic E-state index is 1.10.